The van der Waals surface area contributed by atoms with Crippen LogP contribution in [0.2, 0.25) is 0 Å². The molecular formula is C38H56N3NaO22. The van der Waals surface area contributed by atoms with E-state index in [-0.39, 0.29) is 41.9 Å². The molecule has 0 spiro atoms. The minimum Gasteiger partial charge on any atom is -0.547 e. The maximum Gasteiger partial charge on any atom is 1.00 e. The SMILES string of the molecule is COC1C(C(=O)NCCc2ccc(O)cc2)OC(OC2C(O)C(CO)OC(OC3C(C(=O)[O-])OC(OC4C(O)C(CO)OC(C)C4NC(C)=O)C(O)C3O)C2NC(C)=O)C(O)C1O.[Na+]. The number of aliphatic hydroxyl groups excluding tert-OH is 8. The first-order chi connectivity index (χ1) is 29.8. The van der Waals surface area contributed by atoms with E-state index in [1.165, 1.54) is 19.1 Å². The topological polar surface area (TPSA) is 383 Å². The van der Waals surface area contributed by atoms with E-state index < -0.39 is 159 Å². The number of benzene rings is 1. The van der Waals surface area contributed by atoms with Crippen LogP contribution < -0.4 is 50.6 Å². The first kappa shape index (κ1) is 53.9. The molecule has 4 heterocycles. The van der Waals surface area contributed by atoms with Crippen LogP contribution in [0.1, 0.15) is 26.3 Å². The number of amides is 3. The number of hydrogen-bond donors (Lipinski definition) is 12. The van der Waals surface area contributed by atoms with Crippen molar-refractivity contribution in [2.24, 2.45) is 0 Å². The molecule has 356 valence electrons. The zero-order valence-electron chi connectivity index (χ0n) is 35.5. The standard InChI is InChI=1S/C38H57N3O22.Na/c1-13-20(40-14(2)44)28(22(47)18(11-42)57-13)59-38-27(52)25(50)31(33(63-38)35(54)55)61-36-21(41-15(3)45)29(23(48)19(12-43)58-36)60-37-26(51)24(49)30(56-4)32(62-37)34(53)39-10-9-16-5-7-17(46)8-6-16;/h5-8,13,18-33,36-38,42-43,46-52H,9-12H2,1-4H3,(H,39,53)(H,40,44)(H,41,45)(H,54,55);/q;+1/p-1. The molecular weight excluding hydrogens is 873 g/mol. The van der Waals surface area contributed by atoms with Crippen LogP contribution in [0.4, 0.5) is 0 Å². The Morgan fingerprint density at radius 2 is 1.14 bits per heavy atom. The van der Waals surface area contributed by atoms with Crippen LogP contribution in [-0.2, 0) is 63.5 Å². The van der Waals surface area contributed by atoms with Crippen LogP contribution in [0.15, 0.2) is 24.3 Å². The summed E-state index contributed by atoms with van der Waals surface area (Å²) in [7, 11) is 1.14. The normalized spacial score (nSPS) is 40.1. The fourth-order valence-corrected chi connectivity index (χ4v) is 7.89. The van der Waals surface area contributed by atoms with Crippen LogP contribution in [0.5, 0.6) is 5.75 Å². The van der Waals surface area contributed by atoms with Crippen molar-refractivity contribution >= 4 is 23.7 Å². The minimum absolute atomic E-state index is 0. The van der Waals surface area contributed by atoms with E-state index in [1.807, 2.05) is 0 Å². The molecule has 0 radical (unpaired) electrons. The second kappa shape index (κ2) is 23.8. The predicted molar refractivity (Wildman–Crippen MR) is 201 cm³/mol. The fourth-order valence-electron chi connectivity index (χ4n) is 7.89. The van der Waals surface area contributed by atoms with Gasteiger partial charge in [0.25, 0.3) is 5.91 Å². The number of aliphatic hydroxyl groups is 8. The van der Waals surface area contributed by atoms with E-state index in [0.29, 0.717) is 6.42 Å². The number of carboxylic acids is 1. The van der Waals surface area contributed by atoms with Gasteiger partial charge in [-0.3, -0.25) is 14.4 Å². The second-order valence-electron chi connectivity index (χ2n) is 15.6. The molecule has 64 heavy (non-hydrogen) atoms. The van der Waals surface area contributed by atoms with Crippen LogP contribution >= 0.6 is 0 Å². The number of nitrogens with one attached hydrogen (secondary N) is 3. The molecule has 4 aliphatic heterocycles. The first-order valence-electron chi connectivity index (χ1n) is 20.0. The molecule has 5 rings (SSSR count). The summed E-state index contributed by atoms with van der Waals surface area (Å²) >= 11 is 0. The summed E-state index contributed by atoms with van der Waals surface area (Å²) in [5.74, 6) is -4.25. The van der Waals surface area contributed by atoms with E-state index in [0.717, 1.165) is 26.5 Å². The number of carboxylic acid groups (broad SMARTS) is 1. The number of aromatic hydroxyl groups is 1. The van der Waals surface area contributed by atoms with Gasteiger partial charge >= 0.3 is 29.6 Å². The van der Waals surface area contributed by atoms with Gasteiger partial charge in [0.15, 0.2) is 25.0 Å². The molecule has 26 heteroatoms. The fraction of sp³-hybridized carbons (Fsp3) is 0.737. The molecule has 0 aromatic heterocycles. The molecule has 0 aliphatic carbocycles. The second-order valence-corrected chi connectivity index (χ2v) is 15.6. The van der Waals surface area contributed by atoms with Gasteiger partial charge in [0.2, 0.25) is 11.8 Å². The predicted octanol–water partition coefficient (Wildman–Crippen LogP) is -10.9. The van der Waals surface area contributed by atoms with Crippen LogP contribution in [0, 0.1) is 0 Å². The maximum absolute atomic E-state index is 13.4. The van der Waals surface area contributed by atoms with Crippen molar-refractivity contribution in [2.45, 2.75) is 150 Å². The minimum atomic E-state index is -2.34. The van der Waals surface area contributed by atoms with Crippen LogP contribution in [0.25, 0.3) is 0 Å². The smallest absolute Gasteiger partial charge is 0.547 e. The number of phenols is 1. The van der Waals surface area contributed by atoms with Gasteiger partial charge in [0, 0.05) is 27.5 Å². The van der Waals surface area contributed by atoms with Crippen LogP contribution in [-0.4, -0.2) is 219 Å². The summed E-state index contributed by atoms with van der Waals surface area (Å²) in [6.07, 6.45) is -32.5. The number of ether oxygens (including phenoxy) is 8. The Balaban J connectivity index is 0.00000898. The Hall–Kier alpha value is -2.74. The number of phenolic OH excluding ortho intramolecular Hbond substituents is 1. The summed E-state index contributed by atoms with van der Waals surface area (Å²) in [5, 5.41) is 117. The van der Waals surface area contributed by atoms with Crippen molar-refractivity contribution in [3.8, 4) is 5.75 Å². The monoisotopic (exact) mass is 929 g/mol. The maximum atomic E-state index is 13.4. The molecule has 4 fully saturated rings. The zero-order chi connectivity index (χ0) is 46.4. The number of rotatable bonds is 16. The summed E-state index contributed by atoms with van der Waals surface area (Å²) in [6, 6.07) is 3.29. The van der Waals surface area contributed by atoms with Gasteiger partial charge in [-0.05, 0) is 31.0 Å². The summed E-state index contributed by atoms with van der Waals surface area (Å²) < 4.78 is 45.4. The van der Waals surface area contributed by atoms with Crippen molar-refractivity contribution < 1.29 is 138 Å². The molecule has 3 amide bonds. The van der Waals surface area contributed by atoms with Gasteiger partial charge in [-0.1, -0.05) is 12.1 Å². The summed E-state index contributed by atoms with van der Waals surface area (Å²) in [6.45, 7) is 2.01. The first-order valence-corrected chi connectivity index (χ1v) is 20.0. The number of carbonyl (C=O) groups is 4. The quantitative estimate of drug-likeness (QED) is 0.0685. The molecule has 4 saturated heterocycles. The van der Waals surface area contributed by atoms with Crippen molar-refractivity contribution in [2.75, 3.05) is 26.9 Å². The Morgan fingerprint density at radius 1 is 0.656 bits per heavy atom. The molecule has 0 bridgehead atoms. The van der Waals surface area contributed by atoms with Gasteiger partial charge in [-0.2, -0.15) is 0 Å². The number of aliphatic carboxylic acids is 1. The van der Waals surface area contributed by atoms with Gasteiger partial charge in [0.1, 0.15) is 91.1 Å². The van der Waals surface area contributed by atoms with E-state index in [9.17, 15) is 70.2 Å². The van der Waals surface area contributed by atoms with Crippen LogP contribution in [0.3, 0.4) is 0 Å². The Labute approximate surface area is 388 Å². The molecule has 4 aliphatic rings. The molecule has 20 atom stereocenters. The number of hydrogen-bond acceptors (Lipinski definition) is 22. The summed E-state index contributed by atoms with van der Waals surface area (Å²) in [5.41, 5.74) is 0.754. The van der Waals surface area contributed by atoms with Gasteiger partial charge in [-0.15, -0.1) is 0 Å². The third kappa shape index (κ3) is 12.4. The van der Waals surface area contributed by atoms with E-state index in [2.05, 4.69) is 16.0 Å². The van der Waals surface area contributed by atoms with Crippen molar-refractivity contribution in [1.29, 1.82) is 0 Å². The van der Waals surface area contributed by atoms with Crippen molar-refractivity contribution in [1.82, 2.24) is 16.0 Å². The third-order valence-corrected chi connectivity index (χ3v) is 11.1. The molecule has 20 unspecified atom stereocenters. The van der Waals surface area contributed by atoms with Crippen molar-refractivity contribution in [3.63, 3.8) is 0 Å². The average molecular weight is 930 g/mol. The molecule has 12 N–H and O–H groups in total. The number of carbonyl (C=O) groups excluding carboxylic acids is 4. The Kier molecular flexibility index (Phi) is 20.0. The molecule has 25 nitrogen and oxygen atoms in total. The molecule has 0 saturated carbocycles. The number of methoxy groups -OCH3 is 1. The van der Waals surface area contributed by atoms with Gasteiger partial charge in [-0.25, -0.2) is 0 Å². The molecule has 1 aromatic rings. The van der Waals surface area contributed by atoms with E-state index in [4.69, 9.17) is 37.9 Å². The van der Waals surface area contributed by atoms with Gasteiger partial charge < -0.3 is 110 Å². The Bertz CT molecular complexity index is 1700. The largest absolute Gasteiger partial charge is 1.00 e. The van der Waals surface area contributed by atoms with Crippen molar-refractivity contribution in [3.05, 3.63) is 29.8 Å². The third-order valence-electron chi connectivity index (χ3n) is 11.1. The average Bonchev–Trinajstić information content (AvgIpc) is 3.23. The Morgan fingerprint density at radius 3 is 1.66 bits per heavy atom. The van der Waals surface area contributed by atoms with E-state index in [1.54, 1.807) is 12.1 Å². The zero-order valence-corrected chi connectivity index (χ0v) is 37.5. The molecule has 1 aromatic carbocycles. The van der Waals surface area contributed by atoms with E-state index >= 15 is 0 Å². The van der Waals surface area contributed by atoms with Gasteiger partial charge in [0.05, 0.1) is 31.3 Å². The summed E-state index contributed by atoms with van der Waals surface area (Å²) in [4.78, 5) is 50.6.